The van der Waals surface area contributed by atoms with Crippen molar-refractivity contribution in [2.45, 2.75) is 6.42 Å². The molecule has 46 heavy (non-hydrogen) atoms. The number of pyridine rings is 1. The summed E-state index contributed by atoms with van der Waals surface area (Å²) in [7, 11) is 3.49. The van der Waals surface area contributed by atoms with Crippen LogP contribution in [0.15, 0.2) is 96.6 Å². The summed E-state index contributed by atoms with van der Waals surface area (Å²) in [5, 5.41) is 11.8. The van der Waals surface area contributed by atoms with Crippen molar-refractivity contribution in [3.63, 3.8) is 0 Å². The summed E-state index contributed by atoms with van der Waals surface area (Å²) < 4.78 is 8.69. The third-order valence-corrected chi connectivity index (χ3v) is 9.43. The molecule has 3 aromatic carbocycles. The van der Waals surface area contributed by atoms with Crippen LogP contribution >= 0.6 is 11.3 Å². The zero-order valence-electron chi connectivity index (χ0n) is 25.6. The van der Waals surface area contributed by atoms with Gasteiger partial charge in [-0.25, -0.2) is 4.98 Å². The summed E-state index contributed by atoms with van der Waals surface area (Å²) in [6, 6.07) is 24.0. The highest BCUT2D eigenvalue weighted by atomic mass is 32.1. The number of anilines is 2. The van der Waals surface area contributed by atoms with Gasteiger partial charge in [0.25, 0.3) is 5.91 Å². The molecule has 0 bridgehead atoms. The Balaban J connectivity index is 1.06. The number of thiophene rings is 1. The molecule has 7 rings (SSSR count). The number of rotatable bonds is 10. The maximum absolute atomic E-state index is 13.3. The van der Waals surface area contributed by atoms with Gasteiger partial charge in [-0.05, 0) is 59.8 Å². The van der Waals surface area contributed by atoms with Crippen LogP contribution in [0, 0.1) is 0 Å². The van der Waals surface area contributed by atoms with E-state index in [1.54, 1.807) is 18.4 Å². The number of para-hydroxylation sites is 2. The van der Waals surface area contributed by atoms with Gasteiger partial charge in [-0.2, -0.15) is 0 Å². The van der Waals surface area contributed by atoms with Crippen LogP contribution in [0.3, 0.4) is 0 Å². The molecule has 0 saturated carbocycles. The minimum atomic E-state index is -0.205. The maximum Gasteiger partial charge on any atom is 0.272 e. The van der Waals surface area contributed by atoms with Gasteiger partial charge in [-0.3, -0.25) is 4.79 Å². The lowest BCUT2D eigenvalue weighted by molar-refractivity contribution is 0.101. The average molecular weight is 627 g/mol. The van der Waals surface area contributed by atoms with Gasteiger partial charge in [0, 0.05) is 69.0 Å². The van der Waals surface area contributed by atoms with Crippen molar-refractivity contribution >= 4 is 66.7 Å². The van der Waals surface area contributed by atoms with E-state index in [-0.39, 0.29) is 5.91 Å². The van der Waals surface area contributed by atoms with Gasteiger partial charge in [-0.1, -0.05) is 54.6 Å². The molecule has 4 aromatic heterocycles. The van der Waals surface area contributed by atoms with Crippen molar-refractivity contribution in [1.29, 1.82) is 0 Å². The molecule has 0 saturated heterocycles. The SMILES string of the molecule is COc1cc(-c2csc3c(C=CCNCCc4c[nH]c5ccccc45)cnc(N)c23)ccc1NC(=O)c1cc2ccccc2n1C. The van der Waals surface area contributed by atoms with Crippen LogP contribution < -0.4 is 21.1 Å². The highest BCUT2D eigenvalue weighted by Gasteiger charge is 2.18. The number of carbonyl (C=O) groups is 1. The number of aryl methyl sites for hydroxylation is 1. The molecule has 1 amide bonds. The Labute approximate surface area is 270 Å². The van der Waals surface area contributed by atoms with Gasteiger partial charge in [0.15, 0.2) is 0 Å². The second-order valence-corrected chi connectivity index (χ2v) is 12.1. The first-order valence-electron chi connectivity index (χ1n) is 15.1. The molecule has 0 spiro atoms. The number of hydrogen-bond donors (Lipinski definition) is 4. The van der Waals surface area contributed by atoms with E-state index in [2.05, 4.69) is 62.5 Å². The molecule has 8 nitrogen and oxygen atoms in total. The van der Waals surface area contributed by atoms with E-state index < -0.39 is 0 Å². The highest BCUT2D eigenvalue weighted by molar-refractivity contribution is 7.18. The summed E-state index contributed by atoms with van der Waals surface area (Å²) in [5.41, 5.74) is 14.0. The molecule has 0 radical (unpaired) electrons. The smallest absolute Gasteiger partial charge is 0.272 e. The molecule has 0 aliphatic carbocycles. The van der Waals surface area contributed by atoms with E-state index in [0.717, 1.165) is 57.2 Å². The number of amides is 1. The number of aromatic nitrogens is 3. The van der Waals surface area contributed by atoms with Gasteiger partial charge in [0.2, 0.25) is 0 Å². The quantitative estimate of drug-likeness (QED) is 0.117. The number of methoxy groups -OCH3 is 1. The number of nitrogens with zero attached hydrogens (tertiary/aromatic N) is 2. The third kappa shape index (κ3) is 5.51. The van der Waals surface area contributed by atoms with Crippen LogP contribution in [-0.2, 0) is 13.5 Å². The summed E-state index contributed by atoms with van der Waals surface area (Å²) in [6.45, 7) is 1.63. The Kier molecular flexibility index (Phi) is 8.00. The van der Waals surface area contributed by atoms with Crippen LogP contribution in [0.5, 0.6) is 5.75 Å². The summed E-state index contributed by atoms with van der Waals surface area (Å²) >= 11 is 1.64. The van der Waals surface area contributed by atoms with Crippen molar-refractivity contribution in [3.8, 4) is 16.9 Å². The molecule has 0 unspecified atom stereocenters. The lowest BCUT2D eigenvalue weighted by Crippen LogP contribution is -2.16. The number of aromatic amines is 1. The Bertz CT molecular complexity index is 2240. The Morgan fingerprint density at radius 1 is 1.11 bits per heavy atom. The highest BCUT2D eigenvalue weighted by Crippen LogP contribution is 2.41. The van der Waals surface area contributed by atoms with E-state index in [0.29, 0.717) is 22.9 Å². The van der Waals surface area contributed by atoms with E-state index in [9.17, 15) is 4.79 Å². The second-order valence-electron chi connectivity index (χ2n) is 11.2. The number of H-pyrrole nitrogens is 1. The first kappa shape index (κ1) is 29.3. The number of nitrogen functional groups attached to an aromatic ring is 1. The molecule has 0 aliphatic rings. The topological polar surface area (TPSA) is 110 Å². The van der Waals surface area contributed by atoms with Crippen LogP contribution in [0.25, 0.3) is 49.1 Å². The van der Waals surface area contributed by atoms with E-state index in [4.69, 9.17) is 10.5 Å². The zero-order chi connectivity index (χ0) is 31.6. The van der Waals surface area contributed by atoms with Gasteiger partial charge >= 0.3 is 0 Å². The number of nitrogens with one attached hydrogen (secondary N) is 3. The predicted molar refractivity (Wildman–Crippen MR) is 191 cm³/mol. The summed E-state index contributed by atoms with van der Waals surface area (Å²) in [4.78, 5) is 21.1. The fourth-order valence-corrected chi connectivity index (χ4v) is 7.08. The first-order valence-corrected chi connectivity index (χ1v) is 16.0. The zero-order valence-corrected chi connectivity index (χ0v) is 26.4. The second kappa shape index (κ2) is 12.5. The van der Waals surface area contributed by atoms with Crippen LogP contribution in [0.1, 0.15) is 21.6 Å². The molecule has 9 heteroatoms. The molecule has 230 valence electrons. The molecular weight excluding hydrogens is 593 g/mol. The van der Waals surface area contributed by atoms with Crippen molar-refractivity contribution < 1.29 is 9.53 Å². The Morgan fingerprint density at radius 3 is 2.83 bits per heavy atom. The number of ether oxygens (including phenoxy) is 1. The van der Waals surface area contributed by atoms with Crippen molar-refractivity contribution in [2.75, 3.05) is 31.2 Å². The number of benzene rings is 3. The molecule has 0 aliphatic heterocycles. The first-order chi connectivity index (χ1) is 22.5. The normalized spacial score (nSPS) is 11.7. The molecule has 0 fully saturated rings. The lowest BCUT2D eigenvalue weighted by atomic mass is 10.0. The fraction of sp³-hybridized carbons (Fsp3) is 0.135. The number of carbonyl (C=O) groups excluding carboxylic acids is 1. The minimum absolute atomic E-state index is 0.205. The summed E-state index contributed by atoms with van der Waals surface area (Å²) in [6.07, 6.45) is 9.09. The predicted octanol–water partition coefficient (Wildman–Crippen LogP) is 7.62. The van der Waals surface area contributed by atoms with Crippen LogP contribution in [0.2, 0.25) is 0 Å². The largest absolute Gasteiger partial charge is 0.495 e. The molecule has 5 N–H and O–H groups in total. The van der Waals surface area contributed by atoms with Gasteiger partial charge in [-0.15, -0.1) is 11.3 Å². The van der Waals surface area contributed by atoms with Crippen molar-refractivity contribution in [3.05, 3.63) is 113 Å². The standard InChI is InChI=1S/C37H34N6O2S/c1-43-31-12-6-3-8-24(31)18-32(43)37(44)42-30-14-13-23(19-33(30)45-2)28-22-46-35-26(21-41-36(38)34(28)35)9-7-16-39-17-15-25-20-40-29-11-5-4-10-27(25)29/h3-14,18-22,39-40H,15-17H2,1-2H3,(H2,38,41)(H,42,44). The number of fused-ring (bicyclic) bond motifs is 3. The average Bonchev–Trinajstić information content (AvgIpc) is 3.80. The van der Waals surface area contributed by atoms with E-state index >= 15 is 0 Å². The monoisotopic (exact) mass is 626 g/mol. The number of hydrogen-bond acceptors (Lipinski definition) is 6. The van der Waals surface area contributed by atoms with Crippen molar-refractivity contribution in [1.82, 2.24) is 19.9 Å². The van der Waals surface area contributed by atoms with Gasteiger partial charge < -0.3 is 30.7 Å². The Morgan fingerprint density at radius 2 is 1.96 bits per heavy atom. The van der Waals surface area contributed by atoms with Gasteiger partial charge in [0.1, 0.15) is 17.3 Å². The van der Waals surface area contributed by atoms with E-state index in [1.807, 2.05) is 72.4 Å². The lowest BCUT2D eigenvalue weighted by Gasteiger charge is -2.13. The van der Waals surface area contributed by atoms with E-state index in [1.165, 1.54) is 16.5 Å². The molecule has 7 aromatic rings. The summed E-state index contributed by atoms with van der Waals surface area (Å²) in [5.74, 6) is 0.834. The molecule has 0 atom stereocenters. The van der Waals surface area contributed by atoms with Crippen LogP contribution in [-0.4, -0.2) is 40.6 Å². The van der Waals surface area contributed by atoms with Gasteiger partial charge in [0.05, 0.1) is 12.8 Å². The van der Waals surface area contributed by atoms with Crippen molar-refractivity contribution in [2.24, 2.45) is 7.05 Å². The van der Waals surface area contributed by atoms with Crippen LogP contribution in [0.4, 0.5) is 11.5 Å². The third-order valence-electron chi connectivity index (χ3n) is 8.40. The minimum Gasteiger partial charge on any atom is -0.495 e. The molecular formula is C37H34N6O2S. The Hall–Kier alpha value is -5.38. The number of nitrogens with two attached hydrogens (primary N) is 1. The fourth-order valence-electron chi connectivity index (χ4n) is 6.01. The molecule has 4 heterocycles. The maximum atomic E-state index is 13.3.